The second-order valence-electron chi connectivity index (χ2n) is 1.91. The lowest BCUT2D eigenvalue weighted by atomic mass is 10.3. The van der Waals surface area contributed by atoms with Gasteiger partial charge < -0.3 is 5.73 Å². The summed E-state index contributed by atoms with van der Waals surface area (Å²) < 4.78 is 13.0. The topological polar surface area (TPSA) is 26.0 Å². The van der Waals surface area contributed by atoms with Crippen molar-refractivity contribution >= 4 is 36.2 Å². The Kier molecular flexibility index (Phi) is 2.27. The SMILES string of the molecule is Nc1cc(P)cc(F)c1Br. The van der Waals surface area contributed by atoms with E-state index in [-0.39, 0.29) is 5.82 Å². The average Bonchev–Trinajstić information content (AvgIpc) is 1.82. The van der Waals surface area contributed by atoms with Crippen LogP contribution in [0.4, 0.5) is 10.1 Å². The molecule has 0 heterocycles. The van der Waals surface area contributed by atoms with Gasteiger partial charge in [-0.3, -0.25) is 0 Å². The minimum atomic E-state index is -0.329. The van der Waals surface area contributed by atoms with Crippen LogP contribution in [0.5, 0.6) is 0 Å². The molecule has 0 saturated carbocycles. The van der Waals surface area contributed by atoms with Crippen LogP contribution in [0, 0.1) is 5.82 Å². The van der Waals surface area contributed by atoms with Gasteiger partial charge in [-0.1, -0.05) is 0 Å². The molecule has 2 N–H and O–H groups in total. The molecule has 10 heavy (non-hydrogen) atoms. The number of hydrogen-bond acceptors (Lipinski definition) is 1. The molecule has 0 spiro atoms. The highest BCUT2D eigenvalue weighted by Crippen LogP contribution is 2.21. The molecule has 1 nitrogen and oxygen atoms in total. The zero-order valence-corrected chi connectivity index (χ0v) is 7.81. The van der Waals surface area contributed by atoms with E-state index >= 15 is 0 Å². The number of hydrogen-bond donors (Lipinski definition) is 1. The molecule has 1 rings (SSSR count). The first kappa shape index (κ1) is 7.96. The molecular formula is C6H6BrFNP. The van der Waals surface area contributed by atoms with Gasteiger partial charge in [-0.25, -0.2) is 4.39 Å². The molecule has 54 valence electrons. The van der Waals surface area contributed by atoms with Crippen LogP contribution in [-0.2, 0) is 0 Å². The maximum atomic E-state index is 12.7. The van der Waals surface area contributed by atoms with Gasteiger partial charge in [0.2, 0.25) is 0 Å². The predicted octanol–water partition coefficient (Wildman–Crippen LogP) is 1.67. The Hall–Kier alpha value is -0.140. The Bertz CT molecular complexity index is 241. The van der Waals surface area contributed by atoms with Crippen LogP contribution < -0.4 is 11.0 Å². The van der Waals surface area contributed by atoms with Gasteiger partial charge in [0.1, 0.15) is 5.82 Å². The molecule has 0 aliphatic heterocycles. The fourth-order valence-electron chi connectivity index (χ4n) is 0.632. The maximum absolute atomic E-state index is 12.7. The number of nitrogen functional groups attached to an aromatic ring is 1. The van der Waals surface area contributed by atoms with E-state index in [2.05, 4.69) is 25.2 Å². The van der Waals surface area contributed by atoms with Crippen molar-refractivity contribution in [2.24, 2.45) is 0 Å². The van der Waals surface area contributed by atoms with E-state index in [1.54, 1.807) is 6.07 Å². The first-order valence-corrected chi connectivity index (χ1v) is 3.98. The van der Waals surface area contributed by atoms with Gasteiger partial charge in [-0.15, -0.1) is 9.24 Å². The quantitative estimate of drug-likeness (QED) is 0.524. The van der Waals surface area contributed by atoms with E-state index in [0.717, 1.165) is 5.30 Å². The normalized spacial score (nSPS) is 9.90. The average molecular weight is 222 g/mol. The Morgan fingerprint density at radius 2 is 2.10 bits per heavy atom. The number of rotatable bonds is 0. The lowest BCUT2D eigenvalue weighted by Gasteiger charge is -1.99. The Morgan fingerprint density at radius 3 is 2.60 bits per heavy atom. The smallest absolute Gasteiger partial charge is 0.140 e. The molecule has 1 aromatic carbocycles. The third kappa shape index (κ3) is 1.47. The van der Waals surface area contributed by atoms with Crippen LogP contribution in [0.3, 0.4) is 0 Å². The minimum absolute atomic E-state index is 0.329. The number of benzene rings is 1. The van der Waals surface area contributed by atoms with Crippen molar-refractivity contribution in [3.8, 4) is 0 Å². The van der Waals surface area contributed by atoms with E-state index in [0.29, 0.717) is 10.2 Å². The minimum Gasteiger partial charge on any atom is -0.398 e. The fourth-order valence-corrected chi connectivity index (χ4v) is 1.19. The summed E-state index contributed by atoms with van der Waals surface area (Å²) in [5.41, 5.74) is 5.84. The predicted molar refractivity (Wildman–Crippen MR) is 47.9 cm³/mol. The van der Waals surface area contributed by atoms with Crippen molar-refractivity contribution < 1.29 is 4.39 Å². The summed E-state index contributed by atoms with van der Waals surface area (Å²) in [6.45, 7) is 0. The second kappa shape index (κ2) is 2.85. The maximum Gasteiger partial charge on any atom is 0.140 e. The van der Waals surface area contributed by atoms with Gasteiger partial charge in [0.05, 0.1) is 4.47 Å². The molecule has 0 saturated heterocycles. The highest BCUT2D eigenvalue weighted by Gasteiger charge is 2.02. The largest absolute Gasteiger partial charge is 0.398 e. The summed E-state index contributed by atoms with van der Waals surface area (Å²) in [4.78, 5) is 0. The Balaban J connectivity index is 3.31. The summed E-state index contributed by atoms with van der Waals surface area (Å²) in [7, 11) is 2.38. The van der Waals surface area contributed by atoms with Gasteiger partial charge in [-0.2, -0.15) is 0 Å². The number of nitrogens with two attached hydrogens (primary N) is 1. The van der Waals surface area contributed by atoms with Gasteiger partial charge in [-0.05, 0) is 33.4 Å². The molecule has 0 aromatic heterocycles. The van der Waals surface area contributed by atoms with Gasteiger partial charge in [0.25, 0.3) is 0 Å². The third-order valence-electron chi connectivity index (χ3n) is 1.08. The van der Waals surface area contributed by atoms with Crippen LogP contribution in [0.15, 0.2) is 16.6 Å². The van der Waals surface area contributed by atoms with Crippen molar-refractivity contribution in [3.05, 3.63) is 22.4 Å². The van der Waals surface area contributed by atoms with Crippen molar-refractivity contribution in [2.75, 3.05) is 5.73 Å². The number of anilines is 1. The molecule has 0 bridgehead atoms. The monoisotopic (exact) mass is 221 g/mol. The zero-order valence-electron chi connectivity index (χ0n) is 5.07. The van der Waals surface area contributed by atoms with Crippen LogP contribution in [0.25, 0.3) is 0 Å². The van der Waals surface area contributed by atoms with E-state index < -0.39 is 0 Å². The summed E-state index contributed by atoms with van der Waals surface area (Å²) in [5, 5.41) is 0.748. The molecule has 0 aliphatic rings. The van der Waals surface area contributed by atoms with Gasteiger partial charge in [0.15, 0.2) is 0 Å². The van der Waals surface area contributed by atoms with Crippen molar-refractivity contribution in [2.45, 2.75) is 0 Å². The van der Waals surface area contributed by atoms with E-state index in [1.807, 2.05) is 0 Å². The van der Waals surface area contributed by atoms with Gasteiger partial charge >= 0.3 is 0 Å². The van der Waals surface area contributed by atoms with Crippen molar-refractivity contribution in [1.82, 2.24) is 0 Å². The van der Waals surface area contributed by atoms with Crippen LogP contribution in [0.2, 0.25) is 0 Å². The summed E-state index contributed by atoms with van der Waals surface area (Å²) in [6, 6.07) is 3.07. The molecule has 0 amide bonds. The molecule has 0 radical (unpaired) electrons. The Labute approximate surface area is 69.1 Å². The highest BCUT2D eigenvalue weighted by molar-refractivity contribution is 9.10. The van der Waals surface area contributed by atoms with E-state index in [1.165, 1.54) is 6.07 Å². The highest BCUT2D eigenvalue weighted by atomic mass is 79.9. The second-order valence-corrected chi connectivity index (χ2v) is 3.37. The molecular weight excluding hydrogens is 216 g/mol. The van der Waals surface area contributed by atoms with Gasteiger partial charge in [0, 0.05) is 5.69 Å². The van der Waals surface area contributed by atoms with E-state index in [9.17, 15) is 4.39 Å². The summed E-state index contributed by atoms with van der Waals surface area (Å²) >= 11 is 3.00. The summed E-state index contributed by atoms with van der Waals surface area (Å²) in [6.07, 6.45) is 0. The summed E-state index contributed by atoms with van der Waals surface area (Å²) in [5.74, 6) is -0.329. The standard InChI is InChI=1S/C6H6BrFNP/c7-6-4(8)1-3(10)2-5(6)9/h1-2H,9-10H2. The fraction of sp³-hybridized carbons (Fsp3) is 0. The van der Waals surface area contributed by atoms with Crippen LogP contribution >= 0.6 is 25.2 Å². The van der Waals surface area contributed by atoms with Crippen LogP contribution in [0.1, 0.15) is 0 Å². The molecule has 1 aromatic rings. The first-order valence-electron chi connectivity index (χ1n) is 2.61. The lowest BCUT2D eigenvalue weighted by molar-refractivity contribution is 0.623. The first-order chi connectivity index (χ1) is 4.61. The third-order valence-corrected chi connectivity index (χ3v) is 2.25. The molecule has 1 unspecified atom stereocenters. The molecule has 4 heteroatoms. The van der Waals surface area contributed by atoms with Crippen molar-refractivity contribution in [3.63, 3.8) is 0 Å². The molecule has 0 aliphatic carbocycles. The van der Waals surface area contributed by atoms with Crippen molar-refractivity contribution in [1.29, 1.82) is 0 Å². The Morgan fingerprint density at radius 1 is 1.50 bits per heavy atom. The zero-order chi connectivity index (χ0) is 7.72. The lowest BCUT2D eigenvalue weighted by Crippen LogP contribution is -1.98. The molecule has 1 atom stereocenters. The molecule has 0 fully saturated rings. The van der Waals surface area contributed by atoms with Crippen LogP contribution in [-0.4, -0.2) is 0 Å². The van der Waals surface area contributed by atoms with E-state index in [4.69, 9.17) is 5.73 Å². The number of halogens is 2.